The maximum absolute atomic E-state index is 13.3. The Morgan fingerprint density at radius 2 is 1.51 bits per heavy atom. The van der Waals surface area contributed by atoms with Gasteiger partial charge in [-0.2, -0.15) is 0 Å². The van der Waals surface area contributed by atoms with Gasteiger partial charge in [0.25, 0.3) is 0 Å². The zero-order valence-electron chi connectivity index (χ0n) is 20.5. The Balaban J connectivity index is 0.000000180. The van der Waals surface area contributed by atoms with E-state index in [4.69, 9.17) is 0 Å². The Morgan fingerprint density at radius 1 is 0.641 bits per heavy atom. The number of aromatic nitrogens is 3. The largest absolute Gasteiger partial charge is 0.343 e. The minimum atomic E-state index is -1.34. The molecule has 189 valence electrons. The number of pyridine rings is 3. The van der Waals surface area contributed by atoms with Gasteiger partial charge in [0.15, 0.2) is 0 Å². The molecule has 0 fully saturated rings. The summed E-state index contributed by atoms with van der Waals surface area (Å²) in [5.74, 6) is 0. The zero-order valence-corrected chi connectivity index (χ0v) is 23.7. The summed E-state index contributed by atoms with van der Waals surface area (Å²) >= 11 is 0. The van der Waals surface area contributed by atoms with Crippen LogP contribution in [-0.2, 0) is 30.9 Å². The second-order valence-corrected chi connectivity index (χ2v) is 10.2. The van der Waals surface area contributed by atoms with Crippen molar-refractivity contribution in [3.63, 3.8) is 0 Å². The van der Waals surface area contributed by atoms with E-state index in [-0.39, 0.29) is 20.1 Å². The first-order chi connectivity index (χ1) is 18.8. The molecule has 0 N–H and O–H groups in total. The average molecular weight is 698 g/mol. The predicted molar refractivity (Wildman–Crippen MR) is 152 cm³/mol. The fourth-order valence-corrected chi connectivity index (χ4v) is 6.32. The first-order valence-corrected chi connectivity index (χ1v) is 13.3. The molecular weight excluding hydrogens is 679 g/mol. The smallest absolute Gasteiger partial charge is 0.0601 e. The molecule has 0 bridgehead atoms. The molecule has 1 radical (unpaired) electrons. The molecule has 1 aliphatic rings. The molecule has 8 rings (SSSR count). The van der Waals surface area contributed by atoms with Gasteiger partial charge in [-0.3, -0.25) is 4.21 Å². The molecule has 1 aliphatic heterocycles. The molecule has 7 aromatic rings. The van der Waals surface area contributed by atoms with Crippen LogP contribution < -0.4 is 0 Å². The summed E-state index contributed by atoms with van der Waals surface area (Å²) in [6, 6.07) is 38.4. The molecule has 0 spiro atoms. The van der Waals surface area contributed by atoms with Crippen molar-refractivity contribution in [1.29, 1.82) is 0 Å². The summed E-state index contributed by atoms with van der Waals surface area (Å²) in [5, 5.41) is 7.16. The van der Waals surface area contributed by atoms with Crippen LogP contribution >= 0.6 is 0 Å². The normalized spacial score (nSPS) is 13.3. The number of benzene rings is 4. The molecule has 0 saturated heterocycles. The molecular formula is C33H19IrN3OS-2. The van der Waals surface area contributed by atoms with Crippen molar-refractivity contribution >= 4 is 43.1 Å². The monoisotopic (exact) mass is 698 g/mol. The molecule has 4 aromatic carbocycles. The van der Waals surface area contributed by atoms with Gasteiger partial charge in [0, 0.05) is 42.4 Å². The summed E-state index contributed by atoms with van der Waals surface area (Å²) in [6.07, 6.45) is 5.24. The van der Waals surface area contributed by atoms with E-state index in [0.29, 0.717) is 5.03 Å². The van der Waals surface area contributed by atoms with Crippen LogP contribution in [0.5, 0.6) is 0 Å². The quantitative estimate of drug-likeness (QED) is 0.132. The number of nitrogens with zero attached hydrogens (tertiary/aromatic N) is 3. The van der Waals surface area contributed by atoms with Gasteiger partial charge < -0.3 is 15.0 Å². The first kappa shape index (κ1) is 25.2. The van der Waals surface area contributed by atoms with E-state index in [1.54, 1.807) is 18.5 Å². The average Bonchev–Trinajstić information content (AvgIpc) is 3.00. The Labute approximate surface area is 241 Å². The predicted octanol–water partition coefficient (Wildman–Crippen LogP) is 7.43. The van der Waals surface area contributed by atoms with Crippen molar-refractivity contribution in [3.05, 3.63) is 128 Å². The van der Waals surface area contributed by atoms with Gasteiger partial charge in [-0.05, 0) is 61.9 Å². The van der Waals surface area contributed by atoms with E-state index in [0.717, 1.165) is 54.3 Å². The molecule has 0 amide bonds. The van der Waals surface area contributed by atoms with E-state index in [9.17, 15) is 4.21 Å². The van der Waals surface area contributed by atoms with Gasteiger partial charge >= 0.3 is 0 Å². The topological polar surface area (TPSA) is 55.7 Å². The molecule has 6 heteroatoms. The van der Waals surface area contributed by atoms with Crippen LogP contribution in [0.25, 0.3) is 54.8 Å². The van der Waals surface area contributed by atoms with Crippen LogP contribution in [0.2, 0.25) is 0 Å². The van der Waals surface area contributed by atoms with E-state index in [1.807, 2.05) is 66.9 Å². The Morgan fingerprint density at radius 3 is 2.36 bits per heavy atom. The van der Waals surface area contributed by atoms with Crippen molar-refractivity contribution in [3.8, 4) is 22.5 Å². The molecule has 1 unspecified atom stereocenters. The molecule has 0 aliphatic carbocycles. The molecule has 39 heavy (non-hydrogen) atoms. The van der Waals surface area contributed by atoms with Gasteiger partial charge in [0.05, 0.1) is 10.8 Å². The maximum atomic E-state index is 13.3. The minimum Gasteiger partial charge on any atom is -0.343 e. The van der Waals surface area contributed by atoms with Crippen LogP contribution in [-0.4, -0.2) is 19.2 Å². The third kappa shape index (κ3) is 4.37. The van der Waals surface area contributed by atoms with Gasteiger partial charge in [0.1, 0.15) is 0 Å². The fraction of sp³-hybridized carbons (Fsp3) is 0. The van der Waals surface area contributed by atoms with Crippen molar-refractivity contribution in [2.24, 2.45) is 0 Å². The minimum absolute atomic E-state index is 0. The Hall–Kier alpha value is -4.09. The second-order valence-electron chi connectivity index (χ2n) is 8.87. The van der Waals surface area contributed by atoms with Crippen molar-refractivity contribution in [2.45, 2.75) is 9.92 Å². The van der Waals surface area contributed by atoms with Gasteiger partial charge in [-0.15, -0.1) is 48.0 Å². The van der Waals surface area contributed by atoms with Gasteiger partial charge in [-0.1, -0.05) is 60.3 Å². The zero-order chi connectivity index (χ0) is 25.5. The van der Waals surface area contributed by atoms with Crippen LogP contribution in [0.4, 0.5) is 0 Å². The standard InChI is InChI=1S/C22H11N2OS.C11H8N.Ir/c25-26-19-12-18-14-5-2-1-4-13(14)7-8-15(18)16-9-11-23-21(20(16)19)17-6-3-10-24-22(17)26;1-2-6-10(7-3-1)11-8-4-5-9-12-11;/h1-5,7-12H;1-6,8-9H;/q2*-1;. The first-order valence-electron chi connectivity index (χ1n) is 12.2. The number of hydrogen-bond acceptors (Lipinski definition) is 4. The summed E-state index contributed by atoms with van der Waals surface area (Å²) in [7, 11) is -1.34. The van der Waals surface area contributed by atoms with E-state index < -0.39 is 10.8 Å². The van der Waals surface area contributed by atoms with Crippen LogP contribution in [0.1, 0.15) is 0 Å². The van der Waals surface area contributed by atoms with Crippen molar-refractivity contribution < 1.29 is 24.3 Å². The Kier molecular flexibility index (Phi) is 6.84. The van der Waals surface area contributed by atoms with Gasteiger partial charge in [0.2, 0.25) is 0 Å². The summed E-state index contributed by atoms with van der Waals surface area (Å²) in [6.45, 7) is 0. The van der Waals surface area contributed by atoms with E-state index in [2.05, 4.69) is 57.4 Å². The third-order valence-corrected chi connectivity index (χ3v) is 8.09. The molecule has 4 heterocycles. The SMILES string of the molecule is O=S1c2ncc[c-]c2-c2nccc3c2c1cc1c2ccccc2ccc31.[Ir].[c-]1ccccc1-c1ccccn1. The third-order valence-electron chi connectivity index (χ3n) is 6.70. The molecule has 1 atom stereocenters. The van der Waals surface area contributed by atoms with Crippen LogP contribution in [0, 0.1) is 12.1 Å². The number of fused-ring (bicyclic) bond motifs is 6. The number of rotatable bonds is 1. The van der Waals surface area contributed by atoms with Crippen molar-refractivity contribution in [2.75, 3.05) is 0 Å². The second kappa shape index (κ2) is 10.6. The summed E-state index contributed by atoms with van der Waals surface area (Å²) in [5.41, 5.74) is 3.57. The van der Waals surface area contributed by atoms with Gasteiger partial charge in [-0.25, -0.2) is 0 Å². The van der Waals surface area contributed by atoms with E-state index >= 15 is 0 Å². The van der Waals surface area contributed by atoms with Crippen LogP contribution in [0.3, 0.4) is 0 Å². The summed E-state index contributed by atoms with van der Waals surface area (Å²) < 4.78 is 13.3. The molecule has 4 nitrogen and oxygen atoms in total. The summed E-state index contributed by atoms with van der Waals surface area (Å²) in [4.78, 5) is 13.9. The number of hydrogen-bond donors (Lipinski definition) is 0. The Bertz CT molecular complexity index is 1960. The molecule has 3 aromatic heterocycles. The van der Waals surface area contributed by atoms with Crippen molar-refractivity contribution in [1.82, 2.24) is 15.0 Å². The maximum Gasteiger partial charge on any atom is 0.0601 e. The van der Waals surface area contributed by atoms with Crippen LogP contribution in [0.15, 0.2) is 126 Å². The fourth-order valence-electron chi connectivity index (χ4n) is 5.00. The molecule has 0 saturated carbocycles. The van der Waals surface area contributed by atoms with E-state index in [1.165, 1.54) is 5.39 Å².